The molecule has 2 aromatic rings. The average Bonchev–Trinajstić information content (AvgIpc) is 2.65. The van der Waals surface area contributed by atoms with Crippen molar-refractivity contribution < 1.29 is 23.8 Å². The number of methoxy groups -OCH3 is 1. The molecule has 5 heteroatoms. The maximum absolute atomic E-state index is 12.9. The number of rotatable bonds is 11. The van der Waals surface area contributed by atoms with E-state index in [1.807, 2.05) is 24.3 Å². The summed E-state index contributed by atoms with van der Waals surface area (Å²) in [6, 6.07) is 14.2. The molecule has 0 fully saturated rings. The van der Waals surface area contributed by atoms with Gasteiger partial charge in [-0.25, -0.2) is 9.18 Å². The van der Waals surface area contributed by atoms with Crippen molar-refractivity contribution in [3.8, 4) is 5.75 Å². The van der Waals surface area contributed by atoms with Crippen LogP contribution in [0.15, 0.2) is 48.5 Å². The molecule has 0 aliphatic heterocycles. The smallest absolute Gasteiger partial charge is 0.332 e. The van der Waals surface area contributed by atoms with E-state index >= 15 is 0 Å². The van der Waals surface area contributed by atoms with Crippen LogP contribution in [0.4, 0.5) is 4.39 Å². The molecule has 0 amide bonds. The molecule has 0 heterocycles. The Morgan fingerprint density at radius 1 is 1.00 bits per heavy atom. The van der Waals surface area contributed by atoms with Gasteiger partial charge in [0.05, 0.1) is 0 Å². The first-order chi connectivity index (χ1) is 12.6. The summed E-state index contributed by atoms with van der Waals surface area (Å²) in [5.41, 5.74) is 2.15. The Kier molecular flexibility index (Phi) is 8.09. The van der Waals surface area contributed by atoms with E-state index in [-0.39, 0.29) is 5.82 Å². The minimum atomic E-state index is -0.899. The molecule has 0 saturated carbocycles. The van der Waals surface area contributed by atoms with Crippen molar-refractivity contribution in [2.24, 2.45) is 0 Å². The highest BCUT2D eigenvalue weighted by Crippen LogP contribution is 2.17. The van der Waals surface area contributed by atoms with Crippen LogP contribution in [0.2, 0.25) is 0 Å². The number of aliphatic carboxylic acids is 1. The predicted molar refractivity (Wildman–Crippen MR) is 97.8 cm³/mol. The van der Waals surface area contributed by atoms with Crippen molar-refractivity contribution in [3.63, 3.8) is 0 Å². The summed E-state index contributed by atoms with van der Waals surface area (Å²) < 4.78 is 23.5. The number of hydrogen-bond acceptors (Lipinski definition) is 3. The van der Waals surface area contributed by atoms with Crippen LogP contribution in [0.5, 0.6) is 5.75 Å². The van der Waals surface area contributed by atoms with Crippen LogP contribution in [0.3, 0.4) is 0 Å². The normalized spacial score (nSPS) is 11.9. The van der Waals surface area contributed by atoms with Crippen LogP contribution in [-0.4, -0.2) is 24.3 Å². The summed E-state index contributed by atoms with van der Waals surface area (Å²) in [5, 5.41) is 8.91. The molecule has 2 aromatic carbocycles. The highest BCUT2D eigenvalue weighted by atomic mass is 19.1. The molecule has 0 radical (unpaired) electrons. The van der Waals surface area contributed by atoms with E-state index in [1.54, 1.807) is 12.1 Å². The van der Waals surface area contributed by atoms with Gasteiger partial charge in [0.1, 0.15) is 18.2 Å². The summed E-state index contributed by atoms with van der Waals surface area (Å²) >= 11 is 0. The third kappa shape index (κ3) is 6.84. The van der Waals surface area contributed by atoms with Gasteiger partial charge in [0.15, 0.2) is 6.10 Å². The second-order valence-electron chi connectivity index (χ2n) is 6.22. The lowest BCUT2D eigenvalue weighted by molar-refractivity contribution is -0.148. The van der Waals surface area contributed by atoms with Crippen molar-refractivity contribution in [3.05, 3.63) is 65.5 Å². The van der Waals surface area contributed by atoms with E-state index in [9.17, 15) is 9.18 Å². The Morgan fingerprint density at radius 3 is 2.27 bits per heavy atom. The molecule has 1 unspecified atom stereocenters. The van der Waals surface area contributed by atoms with Gasteiger partial charge in [0, 0.05) is 7.11 Å². The second-order valence-corrected chi connectivity index (χ2v) is 6.22. The van der Waals surface area contributed by atoms with Crippen molar-refractivity contribution in [2.45, 2.75) is 44.8 Å². The van der Waals surface area contributed by atoms with Gasteiger partial charge in [0.2, 0.25) is 0 Å². The molecule has 140 valence electrons. The van der Waals surface area contributed by atoms with Crippen LogP contribution in [0.25, 0.3) is 0 Å². The number of benzene rings is 2. The summed E-state index contributed by atoms with van der Waals surface area (Å²) in [6.07, 6.45) is 3.60. The van der Waals surface area contributed by atoms with Crippen molar-refractivity contribution >= 4 is 5.97 Å². The first kappa shape index (κ1) is 19.9. The zero-order chi connectivity index (χ0) is 18.8. The Bertz CT molecular complexity index is 667. The van der Waals surface area contributed by atoms with Gasteiger partial charge in [-0.15, -0.1) is 0 Å². The molecule has 0 bridgehead atoms. The first-order valence-corrected chi connectivity index (χ1v) is 8.80. The fraction of sp³-hybridized carbons (Fsp3) is 0.381. The third-order valence-corrected chi connectivity index (χ3v) is 4.23. The zero-order valence-corrected chi connectivity index (χ0v) is 15.0. The van der Waals surface area contributed by atoms with Crippen molar-refractivity contribution in [1.29, 1.82) is 0 Å². The van der Waals surface area contributed by atoms with Crippen LogP contribution in [0.1, 0.15) is 36.8 Å². The summed E-state index contributed by atoms with van der Waals surface area (Å²) in [4.78, 5) is 10.9. The van der Waals surface area contributed by atoms with Gasteiger partial charge >= 0.3 is 5.97 Å². The number of unbranched alkanes of at least 4 members (excludes halogenated alkanes) is 2. The Balaban J connectivity index is 1.67. The monoisotopic (exact) mass is 360 g/mol. The number of carbonyl (C=O) groups is 1. The molecular weight excluding hydrogens is 335 g/mol. The molecular formula is C21H25FO4. The largest absolute Gasteiger partial charge is 0.489 e. The first-order valence-electron chi connectivity index (χ1n) is 8.80. The average molecular weight is 360 g/mol. The lowest BCUT2D eigenvalue weighted by Crippen LogP contribution is -2.21. The predicted octanol–water partition coefficient (Wildman–Crippen LogP) is 4.61. The highest BCUT2D eigenvalue weighted by molar-refractivity contribution is 5.72. The molecule has 4 nitrogen and oxygen atoms in total. The van der Waals surface area contributed by atoms with Gasteiger partial charge < -0.3 is 14.6 Å². The quantitative estimate of drug-likeness (QED) is 0.595. The fourth-order valence-electron chi connectivity index (χ4n) is 2.68. The lowest BCUT2D eigenvalue weighted by Gasteiger charge is -2.10. The molecule has 0 aliphatic carbocycles. The second kappa shape index (κ2) is 10.6. The molecule has 0 spiro atoms. The topological polar surface area (TPSA) is 55.8 Å². The van der Waals surface area contributed by atoms with Gasteiger partial charge in [0.25, 0.3) is 0 Å². The van der Waals surface area contributed by atoms with E-state index in [1.165, 1.54) is 24.8 Å². The molecule has 1 N–H and O–H groups in total. The van der Waals surface area contributed by atoms with E-state index in [4.69, 9.17) is 14.6 Å². The van der Waals surface area contributed by atoms with Crippen LogP contribution < -0.4 is 4.74 Å². The van der Waals surface area contributed by atoms with Crippen LogP contribution in [0, 0.1) is 5.82 Å². The standard InChI is InChI=1S/C21H25FO4/c1-25-20(21(23)24)6-4-2-3-5-16-9-13-19(14-10-16)26-15-17-7-11-18(22)12-8-17/h7-14,20H,2-6,15H2,1H3,(H,23,24). The highest BCUT2D eigenvalue weighted by Gasteiger charge is 2.14. The molecule has 0 saturated heterocycles. The van der Waals surface area contributed by atoms with E-state index in [0.717, 1.165) is 37.0 Å². The minimum Gasteiger partial charge on any atom is -0.489 e. The molecule has 0 aromatic heterocycles. The Hall–Kier alpha value is -2.40. The Labute approximate surface area is 153 Å². The number of halogens is 1. The molecule has 1 atom stereocenters. The third-order valence-electron chi connectivity index (χ3n) is 4.23. The molecule has 2 rings (SSSR count). The number of hydrogen-bond donors (Lipinski definition) is 1. The van der Waals surface area contributed by atoms with Gasteiger partial charge in [-0.05, 0) is 54.7 Å². The van der Waals surface area contributed by atoms with Gasteiger partial charge in [-0.2, -0.15) is 0 Å². The molecule has 0 aliphatic rings. The van der Waals surface area contributed by atoms with E-state index < -0.39 is 12.1 Å². The van der Waals surface area contributed by atoms with Crippen LogP contribution in [-0.2, 0) is 22.6 Å². The van der Waals surface area contributed by atoms with Gasteiger partial charge in [-0.1, -0.05) is 37.1 Å². The van der Waals surface area contributed by atoms with Crippen molar-refractivity contribution in [1.82, 2.24) is 0 Å². The summed E-state index contributed by atoms with van der Waals surface area (Å²) in [7, 11) is 1.43. The molecule has 26 heavy (non-hydrogen) atoms. The van der Waals surface area contributed by atoms with E-state index in [0.29, 0.717) is 13.0 Å². The van der Waals surface area contributed by atoms with Crippen molar-refractivity contribution in [2.75, 3.05) is 7.11 Å². The minimum absolute atomic E-state index is 0.251. The number of carboxylic acids is 1. The summed E-state index contributed by atoms with van der Waals surface area (Å²) in [5.74, 6) is -0.370. The van der Waals surface area contributed by atoms with Crippen LogP contribution >= 0.6 is 0 Å². The number of aryl methyl sites for hydroxylation is 1. The fourth-order valence-corrected chi connectivity index (χ4v) is 2.68. The van der Waals surface area contributed by atoms with E-state index in [2.05, 4.69) is 0 Å². The lowest BCUT2D eigenvalue weighted by atomic mass is 10.0. The maximum atomic E-state index is 12.9. The SMILES string of the molecule is COC(CCCCCc1ccc(OCc2ccc(F)cc2)cc1)C(=O)O. The number of carboxylic acid groups (broad SMARTS) is 1. The maximum Gasteiger partial charge on any atom is 0.332 e. The van der Waals surface area contributed by atoms with Gasteiger partial charge in [-0.3, -0.25) is 0 Å². The zero-order valence-electron chi connectivity index (χ0n) is 15.0. The number of ether oxygens (including phenoxy) is 2. The summed E-state index contributed by atoms with van der Waals surface area (Å²) in [6.45, 7) is 0.407. The Morgan fingerprint density at radius 2 is 1.65 bits per heavy atom.